The molecule has 1 amide bonds. The molecule has 6 nitrogen and oxygen atoms in total. The lowest BCUT2D eigenvalue weighted by atomic mass is 10.2. The Hall–Kier alpha value is -3.48. The van der Waals surface area contributed by atoms with Gasteiger partial charge < -0.3 is 15.4 Å². The average molecular weight is 380 g/mol. The normalized spacial score (nSPS) is 10.4. The van der Waals surface area contributed by atoms with Crippen LogP contribution in [0.2, 0.25) is 0 Å². The largest absolute Gasteiger partial charge is 0.496 e. The molecule has 0 spiro atoms. The van der Waals surface area contributed by atoms with E-state index in [1.165, 1.54) is 18.3 Å². The second-order valence-corrected chi connectivity index (χ2v) is 6.17. The molecule has 7 heteroatoms. The SMILES string of the molecule is COc1ccccc1CNc1ncc(C(=O)NCc2ccc(F)cc2)c(C)n1. The van der Waals surface area contributed by atoms with Crippen LogP contribution in [-0.4, -0.2) is 23.0 Å². The van der Waals surface area contributed by atoms with E-state index in [-0.39, 0.29) is 11.7 Å². The number of amides is 1. The van der Waals surface area contributed by atoms with Crippen LogP contribution in [0.15, 0.2) is 54.7 Å². The van der Waals surface area contributed by atoms with Gasteiger partial charge in [-0.1, -0.05) is 30.3 Å². The monoisotopic (exact) mass is 380 g/mol. The number of aryl methyl sites for hydroxylation is 1. The van der Waals surface area contributed by atoms with Crippen molar-refractivity contribution in [3.05, 3.63) is 82.9 Å². The number of anilines is 1. The summed E-state index contributed by atoms with van der Waals surface area (Å²) in [6.45, 7) is 2.55. The van der Waals surface area contributed by atoms with Gasteiger partial charge in [0.25, 0.3) is 5.91 Å². The first-order chi connectivity index (χ1) is 13.6. The molecular weight excluding hydrogens is 359 g/mol. The highest BCUT2D eigenvalue weighted by molar-refractivity contribution is 5.94. The van der Waals surface area contributed by atoms with E-state index in [1.54, 1.807) is 26.2 Å². The number of nitrogens with one attached hydrogen (secondary N) is 2. The lowest BCUT2D eigenvalue weighted by molar-refractivity contribution is 0.0949. The molecule has 28 heavy (non-hydrogen) atoms. The van der Waals surface area contributed by atoms with Crippen LogP contribution >= 0.6 is 0 Å². The second-order valence-electron chi connectivity index (χ2n) is 6.17. The number of benzene rings is 2. The van der Waals surface area contributed by atoms with E-state index < -0.39 is 0 Å². The quantitative estimate of drug-likeness (QED) is 0.656. The number of halogens is 1. The molecule has 0 atom stereocenters. The second kappa shape index (κ2) is 8.94. The van der Waals surface area contributed by atoms with Crippen molar-refractivity contribution in [3.63, 3.8) is 0 Å². The fraction of sp³-hybridized carbons (Fsp3) is 0.190. The Morgan fingerprint density at radius 2 is 1.86 bits per heavy atom. The van der Waals surface area contributed by atoms with Crippen molar-refractivity contribution < 1.29 is 13.9 Å². The first kappa shape index (κ1) is 19.3. The van der Waals surface area contributed by atoms with Crippen molar-refractivity contribution in [1.82, 2.24) is 15.3 Å². The van der Waals surface area contributed by atoms with Crippen molar-refractivity contribution in [3.8, 4) is 5.75 Å². The van der Waals surface area contributed by atoms with Gasteiger partial charge in [0.2, 0.25) is 5.95 Å². The minimum Gasteiger partial charge on any atom is -0.496 e. The molecule has 0 aliphatic rings. The maximum Gasteiger partial charge on any atom is 0.254 e. The smallest absolute Gasteiger partial charge is 0.254 e. The summed E-state index contributed by atoms with van der Waals surface area (Å²) in [5.41, 5.74) is 2.75. The van der Waals surface area contributed by atoms with Crippen LogP contribution in [0.5, 0.6) is 5.75 Å². The number of carbonyl (C=O) groups excluding carboxylic acids is 1. The Morgan fingerprint density at radius 3 is 2.57 bits per heavy atom. The highest BCUT2D eigenvalue weighted by Gasteiger charge is 2.12. The number of para-hydroxylation sites is 1. The third-order valence-electron chi connectivity index (χ3n) is 4.22. The lowest BCUT2D eigenvalue weighted by Crippen LogP contribution is -2.24. The van der Waals surface area contributed by atoms with E-state index >= 15 is 0 Å². The first-order valence-corrected chi connectivity index (χ1v) is 8.79. The fourth-order valence-electron chi connectivity index (χ4n) is 2.68. The lowest BCUT2D eigenvalue weighted by Gasteiger charge is -2.11. The topological polar surface area (TPSA) is 76.1 Å². The van der Waals surface area contributed by atoms with Crippen molar-refractivity contribution in [1.29, 1.82) is 0 Å². The zero-order valence-electron chi connectivity index (χ0n) is 15.7. The molecule has 144 valence electrons. The number of methoxy groups -OCH3 is 1. The van der Waals surface area contributed by atoms with Gasteiger partial charge in [-0.25, -0.2) is 14.4 Å². The van der Waals surface area contributed by atoms with Gasteiger partial charge in [0.05, 0.1) is 18.4 Å². The van der Waals surface area contributed by atoms with Gasteiger partial charge in [0, 0.05) is 24.8 Å². The average Bonchev–Trinajstić information content (AvgIpc) is 2.72. The molecule has 1 aromatic heterocycles. The van der Waals surface area contributed by atoms with Crippen LogP contribution in [0.4, 0.5) is 10.3 Å². The van der Waals surface area contributed by atoms with Crippen molar-refractivity contribution in [2.45, 2.75) is 20.0 Å². The Bertz CT molecular complexity index is 961. The third kappa shape index (κ3) is 4.82. The Labute approximate surface area is 162 Å². The van der Waals surface area contributed by atoms with Crippen LogP contribution in [-0.2, 0) is 13.1 Å². The minimum atomic E-state index is -0.310. The van der Waals surface area contributed by atoms with Crippen LogP contribution in [0, 0.1) is 12.7 Å². The summed E-state index contributed by atoms with van der Waals surface area (Å²) >= 11 is 0. The number of aromatic nitrogens is 2. The Morgan fingerprint density at radius 1 is 1.11 bits per heavy atom. The Kier molecular flexibility index (Phi) is 6.16. The number of rotatable bonds is 7. The minimum absolute atomic E-state index is 0.280. The highest BCUT2D eigenvalue weighted by Crippen LogP contribution is 2.18. The highest BCUT2D eigenvalue weighted by atomic mass is 19.1. The molecule has 3 aromatic rings. The van der Waals surface area contributed by atoms with Crippen LogP contribution in [0.3, 0.4) is 0 Å². The van der Waals surface area contributed by atoms with E-state index in [2.05, 4.69) is 20.6 Å². The van der Waals surface area contributed by atoms with Gasteiger partial charge in [0.15, 0.2) is 0 Å². The fourth-order valence-corrected chi connectivity index (χ4v) is 2.68. The van der Waals surface area contributed by atoms with Gasteiger partial charge in [-0.3, -0.25) is 4.79 Å². The molecule has 0 saturated heterocycles. The summed E-state index contributed by atoms with van der Waals surface area (Å²) in [6.07, 6.45) is 1.49. The van der Waals surface area contributed by atoms with E-state index in [0.29, 0.717) is 30.3 Å². The zero-order chi connectivity index (χ0) is 19.9. The standard InChI is InChI=1S/C21H21FN4O2/c1-14-18(20(27)23-11-15-7-9-17(22)10-8-15)13-25-21(26-14)24-12-16-5-3-4-6-19(16)28-2/h3-10,13H,11-12H2,1-2H3,(H,23,27)(H,24,25,26). The molecule has 0 aliphatic heterocycles. The third-order valence-corrected chi connectivity index (χ3v) is 4.22. The summed E-state index contributed by atoms with van der Waals surface area (Å²) in [5, 5.41) is 5.93. The molecule has 0 aliphatic carbocycles. The molecule has 2 aromatic carbocycles. The van der Waals surface area contributed by atoms with Crippen molar-refractivity contribution in [2.24, 2.45) is 0 Å². The molecule has 0 radical (unpaired) electrons. The number of carbonyl (C=O) groups is 1. The Balaban J connectivity index is 1.61. The molecule has 0 fully saturated rings. The first-order valence-electron chi connectivity index (χ1n) is 8.79. The van der Waals surface area contributed by atoms with Gasteiger partial charge >= 0.3 is 0 Å². The zero-order valence-corrected chi connectivity index (χ0v) is 15.7. The van der Waals surface area contributed by atoms with E-state index in [0.717, 1.165) is 16.9 Å². The van der Waals surface area contributed by atoms with Crippen LogP contribution in [0.25, 0.3) is 0 Å². The van der Waals surface area contributed by atoms with Crippen LogP contribution < -0.4 is 15.4 Å². The molecule has 0 unspecified atom stereocenters. The molecule has 2 N–H and O–H groups in total. The summed E-state index contributed by atoms with van der Waals surface area (Å²) in [6, 6.07) is 13.7. The molecule has 1 heterocycles. The van der Waals surface area contributed by atoms with Crippen molar-refractivity contribution >= 4 is 11.9 Å². The molecule has 0 bridgehead atoms. The van der Waals surface area contributed by atoms with Gasteiger partial charge in [-0.15, -0.1) is 0 Å². The van der Waals surface area contributed by atoms with Crippen molar-refractivity contribution in [2.75, 3.05) is 12.4 Å². The predicted octanol–water partition coefficient (Wildman–Crippen LogP) is 3.47. The molecular formula is C21H21FN4O2. The molecule has 3 rings (SSSR count). The van der Waals surface area contributed by atoms with Gasteiger partial charge in [-0.05, 0) is 30.7 Å². The number of ether oxygens (including phenoxy) is 1. The van der Waals surface area contributed by atoms with E-state index in [4.69, 9.17) is 4.74 Å². The maximum absolute atomic E-state index is 12.9. The van der Waals surface area contributed by atoms with Crippen LogP contribution in [0.1, 0.15) is 27.2 Å². The summed E-state index contributed by atoms with van der Waals surface area (Å²) < 4.78 is 18.3. The number of hydrogen-bond acceptors (Lipinski definition) is 5. The predicted molar refractivity (Wildman–Crippen MR) is 105 cm³/mol. The number of hydrogen-bond donors (Lipinski definition) is 2. The number of nitrogens with zero attached hydrogens (tertiary/aromatic N) is 2. The van der Waals surface area contributed by atoms with E-state index in [1.807, 2.05) is 24.3 Å². The summed E-state index contributed by atoms with van der Waals surface area (Å²) in [4.78, 5) is 21.0. The van der Waals surface area contributed by atoms with Gasteiger partial charge in [-0.2, -0.15) is 0 Å². The summed E-state index contributed by atoms with van der Waals surface area (Å²) in [5.74, 6) is 0.621. The maximum atomic E-state index is 12.9. The van der Waals surface area contributed by atoms with E-state index in [9.17, 15) is 9.18 Å². The molecule has 0 saturated carbocycles. The van der Waals surface area contributed by atoms with Gasteiger partial charge in [0.1, 0.15) is 11.6 Å². The summed E-state index contributed by atoms with van der Waals surface area (Å²) in [7, 11) is 1.62.